The van der Waals surface area contributed by atoms with Gasteiger partial charge in [-0.15, -0.1) is 23.1 Å². The Morgan fingerprint density at radius 1 is 1.32 bits per heavy atom. The zero-order chi connectivity index (χ0) is 22.1. The van der Waals surface area contributed by atoms with Crippen LogP contribution in [0.2, 0.25) is 0 Å². The number of benzene rings is 2. The van der Waals surface area contributed by atoms with Gasteiger partial charge in [-0.05, 0) is 18.6 Å². The smallest absolute Gasteiger partial charge is 0.311 e. The summed E-state index contributed by atoms with van der Waals surface area (Å²) in [5, 5.41) is 17.6. The molecule has 1 heterocycles. The number of nitrogens with zero attached hydrogens (tertiary/aromatic N) is 3. The molecule has 2 aromatic carbocycles. The Morgan fingerprint density at radius 3 is 2.87 bits per heavy atom. The fourth-order valence-electron chi connectivity index (χ4n) is 2.57. The van der Waals surface area contributed by atoms with Gasteiger partial charge in [0.15, 0.2) is 0 Å². The quantitative estimate of drug-likeness (QED) is 0.152. The van der Waals surface area contributed by atoms with Crippen molar-refractivity contribution in [3.8, 4) is 0 Å². The van der Waals surface area contributed by atoms with Crippen LogP contribution in [0.5, 0.6) is 0 Å². The maximum atomic E-state index is 11.5. The van der Waals surface area contributed by atoms with Crippen LogP contribution in [-0.4, -0.2) is 28.7 Å². The summed E-state index contributed by atoms with van der Waals surface area (Å²) >= 11 is 2.88. The lowest BCUT2D eigenvalue weighted by Crippen LogP contribution is -2.07. The van der Waals surface area contributed by atoms with Gasteiger partial charge in [0.25, 0.3) is 5.69 Å². The maximum absolute atomic E-state index is 11.5. The SMILES string of the molecule is CCOC(=O)Cc1csc(NN=Cc2cc([N+](=O)[O-])ccc2SCc2ccccc2)n1. The second-order valence-electron chi connectivity index (χ2n) is 6.25. The molecule has 160 valence electrons. The zero-order valence-electron chi connectivity index (χ0n) is 16.7. The van der Waals surface area contributed by atoms with Crippen LogP contribution < -0.4 is 5.43 Å². The number of aromatic nitrogens is 1. The number of thiazole rings is 1. The van der Waals surface area contributed by atoms with E-state index in [0.29, 0.717) is 23.0 Å². The number of hydrogen-bond acceptors (Lipinski definition) is 9. The molecule has 0 bridgehead atoms. The molecule has 0 saturated heterocycles. The van der Waals surface area contributed by atoms with Crippen molar-refractivity contribution in [2.45, 2.75) is 24.0 Å². The summed E-state index contributed by atoms with van der Waals surface area (Å²) in [5.41, 5.74) is 5.19. The number of rotatable bonds is 10. The molecule has 0 aliphatic heterocycles. The average Bonchev–Trinajstić information content (AvgIpc) is 3.20. The molecule has 0 unspecified atom stereocenters. The number of nitro groups is 1. The lowest BCUT2D eigenvalue weighted by Gasteiger charge is -2.06. The van der Waals surface area contributed by atoms with Crippen LogP contribution in [0.25, 0.3) is 0 Å². The summed E-state index contributed by atoms with van der Waals surface area (Å²) in [6.07, 6.45) is 1.63. The summed E-state index contributed by atoms with van der Waals surface area (Å²) in [4.78, 5) is 27.4. The van der Waals surface area contributed by atoms with Gasteiger partial charge in [0.2, 0.25) is 5.13 Å². The standard InChI is InChI=1S/C21H20N4O4S2/c1-2-29-20(26)11-17-14-31-21(23-17)24-22-12-16-10-18(25(27)28)8-9-19(16)30-13-15-6-4-3-5-7-15/h3-10,12,14H,2,11,13H2,1H3,(H,23,24). The van der Waals surface area contributed by atoms with Crippen molar-refractivity contribution in [2.75, 3.05) is 12.0 Å². The van der Waals surface area contributed by atoms with E-state index in [9.17, 15) is 14.9 Å². The van der Waals surface area contributed by atoms with E-state index in [1.165, 1.54) is 29.7 Å². The van der Waals surface area contributed by atoms with Gasteiger partial charge in [-0.2, -0.15) is 5.10 Å². The molecule has 0 amide bonds. The van der Waals surface area contributed by atoms with Crippen molar-refractivity contribution < 1.29 is 14.5 Å². The van der Waals surface area contributed by atoms with Crippen LogP contribution in [0.1, 0.15) is 23.7 Å². The molecule has 1 aromatic heterocycles. The van der Waals surface area contributed by atoms with Gasteiger partial charge in [0.1, 0.15) is 0 Å². The van der Waals surface area contributed by atoms with E-state index in [1.54, 1.807) is 30.1 Å². The molecular formula is C21H20N4O4S2. The van der Waals surface area contributed by atoms with Gasteiger partial charge in [-0.1, -0.05) is 30.3 Å². The fourth-order valence-corrected chi connectivity index (χ4v) is 4.19. The van der Waals surface area contributed by atoms with Gasteiger partial charge in [0, 0.05) is 33.7 Å². The first-order valence-electron chi connectivity index (χ1n) is 9.39. The lowest BCUT2D eigenvalue weighted by atomic mass is 10.2. The molecule has 0 radical (unpaired) electrons. The summed E-state index contributed by atoms with van der Waals surface area (Å²) in [7, 11) is 0. The van der Waals surface area contributed by atoms with E-state index < -0.39 is 4.92 Å². The molecule has 3 rings (SSSR count). The number of non-ortho nitro benzene ring substituents is 1. The molecular weight excluding hydrogens is 436 g/mol. The van der Waals surface area contributed by atoms with Crippen molar-refractivity contribution in [1.82, 2.24) is 4.98 Å². The van der Waals surface area contributed by atoms with E-state index in [0.717, 1.165) is 16.2 Å². The maximum Gasteiger partial charge on any atom is 0.311 e. The van der Waals surface area contributed by atoms with Gasteiger partial charge < -0.3 is 4.74 Å². The Bertz CT molecular complexity index is 1070. The number of nitrogens with one attached hydrogen (secondary N) is 1. The second kappa shape index (κ2) is 11.2. The van der Waals surface area contributed by atoms with Crippen LogP contribution in [0, 0.1) is 10.1 Å². The van der Waals surface area contributed by atoms with Gasteiger partial charge in [-0.25, -0.2) is 4.98 Å². The van der Waals surface area contributed by atoms with Crippen molar-refractivity contribution in [1.29, 1.82) is 0 Å². The Balaban J connectivity index is 1.69. The van der Waals surface area contributed by atoms with Gasteiger partial charge >= 0.3 is 5.97 Å². The molecule has 0 aliphatic carbocycles. The van der Waals surface area contributed by atoms with E-state index >= 15 is 0 Å². The van der Waals surface area contributed by atoms with Crippen molar-refractivity contribution in [2.24, 2.45) is 5.10 Å². The van der Waals surface area contributed by atoms with Crippen LogP contribution >= 0.6 is 23.1 Å². The van der Waals surface area contributed by atoms with E-state index in [2.05, 4.69) is 15.5 Å². The topological polar surface area (TPSA) is 107 Å². The molecule has 0 atom stereocenters. The predicted octanol–water partition coefficient (Wildman–Crippen LogP) is 4.90. The summed E-state index contributed by atoms with van der Waals surface area (Å²) in [6.45, 7) is 2.08. The highest BCUT2D eigenvalue weighted by molar-refractivity contribution is 7.98. The molecule has 0 saturated carbocycles. The van der Waals surface area contributed by atoms with Gasteiger partial charge in [0.05, 0.1) is 29.9 Å². The number of carbonyl (C=O) groups excluding carboxylic acids is 1. The first-order valence-corrected chi connectivity index (χ1v) is 11.3. The Kier molecular flexibility index (Phi) is 8.13. The van der Waals surface area contributed by atoms with Gasteiger partial charge in [-0.3, -0.25) is 20.3 Å². The minimum atomic E-state index is -0.432. The molecule has 0 aliphatic rings. The number of carbonyl (C=O) groups is 1. The second-order valence-corrected chi connectivity index (χ2v) is 8.12. The Hall–Kier alpha value is -3.24. The summed E-state index contributed by atoms with van der Waals surface area (Å²) in [6, 6.07) is 14.7. The monoisotopic (exact) mass is 456 g/mol. The third kappa shape index (κ3) is 6.90. The van der Waals surface area contributed by atoms with E-state index in [-0.39, 0.29) is 18.1 Å². The number of hydrazone groups is 1. The van der Waals surface area contributed by atoms with Crippen LogP contribution in [0.3, 0.4) is 0 Å². The molecule has 0 spiro atoms. The largest absolute Gasteiger partial charge is 0.466 e. The van der Waals surface area contributed by atoms with Crippen LogP contribution in [-0.2, 0) is 21.7 Å². The fraction of sp³-hybridized carbons (Fsp3) is 0.190. The first kappa shape index (κ1) is 22.4. The van der Waals surface area contributed by atoms with E-state index in [1.807, 2.05) is 30.3 Å². The number of anilines is 1. The number of hydrogen-bond donors (Lipinski definition) is 1. The van der Waals surface area contributed by atoms with Crippen LogP contribution in [0.4, 0.5) is 10.8 Å². The summed E-state index contributed by atoms with van der Waals surface area (Å²) in [5.74, 6) is 0.399. The zero-order valence-corrected chi connectivity index (χ0v) is 18.3. The predicted molar refractivity (Wildman–Crippen MR) is 123 cm³/mol. The van der Waals surface area contributed by atoms with Crippen molar-refractivity contribution in [3.05, 3.63) is 80.8 Å². The highest BCUT2D eigenvalue weighted by Gasteiger charge is 2.11. The molecule has 3 aromatic rings. The normalized spacial score (nSPS) is 10.9. The highest BCUT2D eigenvalue weighted by atomic mass is 32.2. The molecule has 1 N–H and O–H groups in total. The minimum absolute atomic E-state index is 0.00326. The molecule has 8 nitrogen and oxygen atoms in total. The molecule has 0 fully saturated rings. The third-order valence-electron chi connectivity index (χ3n) is 3.99. The Labute approximate surface area is 187 Å². The molecule has 10 heteroatoms. The summed E-state index contributed by atoms with van der Waals surface area (Å²) < 4.78 is 4.91. The minimum Gasteiger partial charge on any atom is -0.466 e. The number of ether oxygens (including phenoxy) is 1. The first-order chi connectivity index (χ1) is 15.0. The average molecular weight is 457 g/mol. The number of nitro benzene ring substituents is 1. The molecule has 31 heavy (non-hydrogen) atoms. The Morgan fingerprint density at radius 2 is 2.13 bits per heavy atom. The van der Waals surface area contributed by atoms with Crippen molar-refractivity contribution >= 4 is 46.1 Å². The third-order valence-corrected chi connectivity index (χ3v) is 5.94. The van der Waals surface area contributed by atoms with E-state index in [4.69, 9.17) is 4.74 Å². The highest BCUT2D eigenvalue weighted by Crippen LogP contribution is 2.28. The number of thioether (sulfide) groups is 1. The number of esters is 1. The van der Waals surface area contributed by atoms with Crippen molar-refractivity contribution in [3.63, 3.8) is 0 Å². The van der Waals surface area contributed by atoms with Crippen LogP contribution in [0.15, 0.2) is 63.9 Å². The lowest BCUT2D eigenvalue weighted by molar-refractivity contribution is -0.384.